The number of carbonyl (C=O) groups is 1. The van der Waals surface area contributed by atoms with Crippen LogP contribution in [0.2, 0.25) is 0 Å². The maximum absolute atomic E-state index is 12.5. The number of likely N-dealkylation sites (tertiary alicyclic amines) is 1. The minimum absolute atomic E-state index is 0.00172. The van der Waals surface area contributed by atoms with Crippen molar-refractivity contribution in [3.8, 4) is 5.88 Å². The average Bonchev–Trinajstić information content (AvgIpc) is 3.06. The minimum Gasteiger partial charge on any atom is -0.472 e. The van der Waals surface area contributed by atoms with Gasteiger partial charge in [0, 0.05) is 25.2 Å². The van der Waals surface area contributed by atoms with Crippen LogP contribution in [0.5, 0.6) is 5.88 Å². The molecule has 1 amide bonds. The molecule has 2 aromatic rings. The summed E-state index contributed by atoms with van der Waals surface area (Å²) in [5.41, 5.74) is 0.634. The molecule has 1 atom stereocenters. The molecule has 3 rings (SSSR count). The zero-order valence-electron chi connectivity index (χ0n) is 12.1. The summed E-state index contributed by atoms with van der Waals surface area (Å²) in [5.74, 6) is 1.96. The molecule has 6 nitrogen and oxygen atoms in total. The first-order valence-electron chi connectivity index (χ1n) is 6.92. The highest BCUT2D eigenvalue weighted by molar-refractivity contribution is 5.95. The van der Waals surface area contributed by atoms with Crippen molar-refractivity contribution in [2.75, 3.05) is 13.1 Å². The molecule has 3 heterocycles. The van der Waals surface area contributed by atoms with Crippen molar-refractivity contribution in [1.29, 1.82) is 0 Å². The highest BCUT2D eigenvalue weighted by atomic mass is 16.5. The third-order valence-corrected chi connectivity index (χ3v) is 3.55. The van der Waals surface area contributed by atoms with Gasteiger partial charge in [-0.05, 0) is 19.9 Å². The second kappa shape index (κ2) is 5.55. The molecule has 1 aliphatic heterocycles. The number of furan rings is 1. The Morgan fingerprint density at radius 3 is 3.00 bits per heavy atom. The Labute approximate surface area is 122 Å². The summed E-state index contributed by atoms with van der Waals surface area (Å²) < 4.78 is 11.2. The van der Waals surface area contributed by atoms with Gasteiger partial charge in [0.1, 0.15) is 24.0 Å². The van der Waals surface area contributed by atoms with Crippen molar-refractivity contribution >= 4 is 5.91 Å². The fourth-order valence-electron chi connectivity index (χ4n) is 2.54. The van der Waals surface area contributed by atoms with Crippen molar-refractivity contribution in [1.82, 2.24) is 14.9 Å². The fourth-order valence-corrected chi connectivity index (χ4v) is 2.54. The Morgan fingerprint density at radius 1 is 1.48 bits per heavy atom. The molecule has 1 saturated heterocycles. The fraction of sp³-hybridized carbons (Fsp3) is 0.400. The zero-order chi connectivity index (χ0) is 14.8. The van der Waals surface area contributed by atoms with Gasteiger partial charge >= 0.3 is 0 Å². The van der Waals surface area contributed by atoms with Gasteiger partial charge in [-0.2, -0.15) is 0 Å². The SMILES string of the molecule is Cc1cc(C(=O)N2CC[C@H](Oc3ccncn3)C2)c(C)o1. The number of hydrogen-bond donors (Lipinski definition) is 0. The van der Waals surface area contributed by atoms with Gasteiger partial charge < -0.3 is 14.1 Å². The predicted molar refractivity (Wildman–Crippen MR) is 75.2 cm³/mol. The van der Waals surface area contributed by atoms with Crippen molar-refractivity contribution in [2.24, 2.45) is 0 Å². The summed E-state index contributed by atoms with van der Waals surface area (Å²) in [6.45, 7) is 4.89. The lowest BCUT2D eigenvalue weighted by molar-refractivity contribution is 0.0769. The molecule has 0 radical (unpaired) electrons. The van der Waals surface area contributed by atoms with Crippen LogP contribution >= 0.6 is 0 Å². The number of aromatic nitrogens is 2. The average molecular weight is 287 g/mol. The van der Waals surface area contributed by atoms with Crippen molar-refractivity contribution < 1.29 is 13.9 Å². The monoisotopic (exact) mass is 287 g/mol. The summed E-state index contributed by atoms with van der Waals surface area (Å²) in [5, 5.41) is 0. The molecule has 0 aromatic carbocycles. The van der Waals surface area contributed by atoms with E-state index in [2.05, 4.69) is 9.97 Å². The normalized spacial score (nSPS) is 18.0. The second-order valence-corrected chi connectivity index (χ2v) is 5.15. The third-order valence-electron chi connectivity index (χ3n) is 3.55. The van der Waals surface area contributed by atoms with Crippen LogP contribution < -0.4 is 4.74 Å². The maximum atomic E-state index is 12.5. The number of ether oxygens (including phenoxy) is 1. The molecular weight excluding hydrogens is 270 g/mol. The van der Waals surface area contributed by atoms with Gasteiger partial charge in [-0.25, -0.2) is 9.97 Å². The van der Waals surface area contributed by atoms with Gasteiger partial charge in [0.15, 0.2) is 0 Å². The van der Waals surface area contributed by atoms with Crippen LogP contribution in [0.1, 0.15) is 28.3 Å². The Morgan fingerprint density at radius 2 is 2.33 bits per heavy atom. The number of nitrogens with zero attached hydrogens (tertiary/aromatic N) is 3. The first kappa shape index (κ1) is 13.6. The second-order valence-electron chi connectivity index (χ2n) is 5.15. The maximum Gasteiger partial charge on any atom is 0.257 e. The molecule has 0 spiro atoms. The van der Waals surface area contributed by atoms with Gasteiger partial charge in [0.25, 0.3) is 5.91 Å². The van der Waals surface area contributed by atoms with Crippen molar-refractivity contribution in [3.05, 3.63) is 41.7 Å². The van der Waals surface area contributed by atoms with Crippen LogP contribution in [-0.2, 0) is 0 Å². The number of carbonyl (C=O) groups excluding carboxylic acids is 1. The summed E-state index contributed by atoms with van der Waals surface area (Å²) in [6, 6.07) is 3.50. The van der Waals surface area contributed by atoms with Gasteiger partial charge in [0.05, 0.1) is 12.1 Å². The first-order valence-corrected chi connectivity index (χ1v) is 6.92. The lowest BCUT2D eigenvalue weighted by atomic mass is 10.2. The largest absolute Gasteiger partial charge is 0.472 e. The number of hydrogen-bond acceptors (Lipinski definition) is 5. The van der Waals surface area contributed by atoms with E-state index in [0.717, 1.165) is 12.2 Å². The van der Waals surface area contributed by atoms with E-state index in [1.54, 1.807) is 23.2 Å². The highest BCUT2D eigenvalue weighted by Gasteiger charge is 2.30. The van der Waals surface area contributed by atoms with Crippen molar-refractivity contribution in [2.45, 2.75) is 26.4 Å². The van der Waals surface area contributed by atoms with E-state index >= 15 is 0 Å². The van der Waals surface area contributed by atoms with Crippen LogP contribution in [0.3, 0.4) is 0 Å². The Bertz CT molecular complexity index is 639. The van der Waals surface area contributed by atoms with E-state index in [1.807, 2.05) is 13.8 Å². The molecule has 0 aliphatic carbocycles. The van der Waals surface area contributed by atoms with E-state index in [4.69, 9.17) is 9.15 Å². The summed E-state index contributed by atoms with van der Waals surface area (Å²) in [7, 11) is 0. The molecule has 110 valence electrons. The molecule has 1 fully saturated rings. The lowest BCUT2D eigenvalue weighted by Crippen LogP contribution is -2.31. The molecule has 0 unspecified atom stereocenters. The Hall–Kier alpha value is -2.37. The van der Waals surface area contributed by atoms with Gasteiger partial charge in [-0.3, -0.25) is 4.79 Å². The number of aryl methyl sites for hydroxylation is 2. The predicted octanol–water partition coefficient (Wildman–Crippen LogP) is 1.98. The quantitative estimate of drug-likeness (QED) is 0.863. The van der Waals surface area contributed by atoms with Crippen LogP contribution in [0.4, 0.5) is 0 Å². The molecule has 0 N–H and O–H groups in total. The summed E-state index contributed by atoms with van der Waals surface area (Å²) >= 11 is 0. The molecular formula is C15H17N3O3. The standard InChI is InChI=1S/C15H17N3O3/c1-10-7-13(11(2)20-10)15(19)18-6-4-12(8-18)21-14-3-5-16-9-17-14/h3,5,7,9,12H,4,6,8H2,1-2H3/t12-/m0/s1. The van der Waals surface area contributed by atoms with E-state index in [0.29, 0.717) is 30.3 Å². The lowest BCUT2D eigenvalue weighted by Gasteiger charge is -2.16. The van der Waals surface area contributed by atoms with Crippen LogP contribution in [0, 0.1) is 13.8 Å². The molecule has 0 bridgehead atoms. The number of amides is 1. The van der Waals surface area contributed by atoms with Crippen LogP contribution in [0.15, 0.2) is 29.1 Å². The molecule has 2 aromatic heterocycles. The first-order chi connectivity index (χ1) is 10.1. The zero-order valence-corrected chi connectivity index (χ0v) is 12.1. The van der Waals surface area contributed by atoms with Gasteiger partial charge in [0.2, 0.25) is 5.88 Å². The van der Waals surface area contributed by atoms with Gasteiger partial charge in [-0.15, -0.1) is 0 Å². The smallest absolute Gasteiger partial charge is 0.257 e. The van der Waals surface area contributed by atoms with Crippen LogP contribution in [0.25, 0.3) is 0 Å². The minimum atomic E-state index is -0.0304. The summed E-state index contributed by atoms with van der Waals surface area (Å²) in [4.78, 5) is 22.1. The van der Waals surface area contributed by atoms with E-state index < -0.39 is 0 Å². The van der Waals surface area contributed by atoms with E-state index in [9.17, 15) is 4.79 Å². The van der Waals surface area contributed by atoms with E-state index in [-0.39, 0.29) is 12.0 Å². The van der Waals surface area contributed by atoms with Crippen molar-refractivity contribution in [3.63, 3.8) is 0 Å². The Kier molecular flexibility index (Phi) is 3.60. The van der Waals surface area contributed by atoms with Crippen LogP contribution in [-0.4, -0.2) is 40.0 Å². The number of rotatable bonds is 3. The van der Waals surface area contributed by atoms with E-state index in [1.165, 1.54) is 6.33 Å². The Balaban J connectivity index is 1.64. The summed E-state index contributed by atoms with van der Waals surface area (Å²) in [6.07, 6.45) is 3.85. The molecule has 1 aliphatic rings. The van der Waals surface area contributed by atoms with Gasteiger partial charge in [-0.1, -0.05) is 0 Å². The molecule has 21 heavy (non-hydrogen) atoms. The topological polar surface area (TPSA) is 68.5 Å². The molecule has 6 heteroatoms. The highest BCUT2D eigenvalue weighted by Crippen LogP contribution is 2.21. The third kappa shape index (κ3) is 2.89. The molecule has 0 saturated carbocycles.